The van der Waals surface area contributed by atoms with Crippen molar-refractivity contribution in [2.24, 2.45) is 5.92 Å². The van der Waals surface area contributed by atoms with Gasteiger partial charge in [-0.05, 0) is 36.5 Å². The van der Waals surface area contributed by atoms with Gasteiger partial charge in [0.15, 0.2) is 0 Å². The Morgan fingerprint density at radius 2 is 1.78 bits per heavy atom. The molecule has 0 radical (unpaired) electrons. The molecule has 1 aliphatic rings. The van der Waals surface area contributed by atoms with Gasteiger partial charge in [0.1, 0.15) is 0 Å². The van der Waals surface area contributed by atoms with Crippen LogP contribution in [0.5, 0.6) is 0 Å². The number of carbonyl (C=O) groups is 3. The Morgan fingerprint density at radius 1 is 1.06 bits per heavy atom. The Bertz CT molecular complexity index is 972. The maximum absolute atomic E-state index is 13.3. The molecule has 2 aromatic carbocycles. The highest BCUT2D eigenvalue weighted by Crippen LogP contribution is 2.24. The van der Waals surface area contributed by atoms with E-state index >= 15 is 0 Å². The molecule has 3 rings (SSSR count). The van der Waals surface area contributed by atoms with Gasteiger partial charge in [-0.3, -0.25) is 14.4 Å². The summed E-state index contributed by atoms with van der Waals surface area (Å²) in [6, 6.07) is 16.7. The first-order chi connectivity index (χ1) is 15.4. The second-order valence-corrected chi connectivity index (χ2v) is 8.55. The molecule has 3 amide bonds. The zero-order chi connectivity index (χ0) is 23.1. The van der Waals surface area contributed by atoms with Gasteiger partial charge in [0.2, 0.25) is 17.7 Å². The molecule has 0 bridgehead atoms. The first-order valence-electron chi connectivity index (χ1n) is 11.3. The lowest BCUT2D eigenvalue weighted by molar-refractivity contribution is -0.135. The van der Waals surface area contributed by atoms with Crippen molar-refractivity contribution in [3.63, 3.8) is 0 Å². The summed E-state index contributed by atoms with van der Waals surface area (Å²) in [6.45, 7) is 7.56. The molecule has 1 N–H and O–H groups in total. The number of hydrogen-bond acceptors (Lipinski definition) is 3. The van der Waals surface area contributed by atoms with Crippen molar-refractivity contribution in [3.05, 3.63) is 59.7 Å². The van der Waals surface area contributed by atoms with Gasteiger partial charge in [0.05, 0.1) is 12.5 Å². The summed E-state index contributed by atoms with van der Waals surface area (Å²) in [7, 11) is 0. The van der Waals surface area contributed by atoms with Gasteiger partial charge in [-0.1, -0.05) is 61.0 Å². The Hall–Kier alpha value is -3.15. The number of rotatable bonds is 7. The van der Waals surface area contributed by atoms with Crippen LogP contribution in [0.1, 0.15) is 31.4 Å². The van der Waals surface area contributed by atoms with E-state index in [1.807, 2.05) is 23.1 Å². The Balaban J connectivity index is 1.81. The zero-order valence-electron chi connectivity index (χ0n) is 19.3. The molecule has 1 heterocycles. The fourth-order valence-electron chi connectivity index (χ4n) is 4.21. The monoisotopic (exact) mass is 435 g/mol. The predicted molar refractivity (Wildman–Crippen MR) is 126 cm³/mol. The summed E-state index contributed by atoms with van der Waals surface area (Å²) in [5.74, 6) is -0.591. The van der Waals surface area contributed by atoms with Crippen molar-refractivity contribution in [2.45, 2.75) is 33.6 Å². The second kappa shape index (κ2) is 10.9. The molecule has 0 aliphatic carbocycles. The smallest absolute Gasteiger partial charge is 0.242 e. The third-order valence-electron chi connectivity index (χ3n) is 5.84. The molecule has 0 aromatic heterocycles. The summed E-state index contributed by atoms with van der Waals surface area (Å²) in [6.07, 6.45) is 1.45. The standard InChI is InChI=1S/C26H33N3O3/c1-4-11-28-12-13-29(25(31)17-27-20(3)30)18-24(26(28)32)16-21-8-6-10-23(15-21)22-9-5-7-19(2)14-22/h5-10,14-15,24H,4,11-13,16-18H2,1-3H3,(H,27,30)/t24-/m1/s1. The number of hydrogen-bond donors (Lipinski definition) is 1. The highest BCUT2D eigenvalue weighted by atomic mass is 16.2. The maximum Gasteiger partial charge on any atom is 0.242 e. The molecule has 0 saturated carbocycles. The molecule has 170 valence electrons. The van der Waals surface area contributed by atoms with E-state index in [1.165, 1.54) is 12.5 Å². The molecule has 1 atom stereocenters. The quantitative estimate of drug-likeness (QED) is 0.727. The van der Waals surface area contributed by atoms with Crippen LogP contribution in [-0.2, 0) is 20.8 Å². The van der Waals surface area contributed by atoms with Crippen molar-refractivity contribution < 1.29 is 14.4 Å². The minimum Gasteiger partial charge on any atom is -0.347 e. The number of nitrogens with zero attached hydrogens (tertiary/aromatic N) is 2. The van der Waals surface area contributed by atoms with Crippen LogP contribution < -0.4 is 5.32 Å². The Kier molecular flexibility index (Phi) is 8.03. The van der Waals surface area contributed by atoms with Crippen LogP contribution in [0.3, 0.4) is 0 Å². The molecule has 1 aliphatic heterocycles. The number of nitrogens with one attached hydrogen (secondary N) is 1. The van der Waals surface area contributed by atoms with Gasteiger partial charge >= 0.3 is 0 Å². The fourth-order valence-corrected chi connectivity index (χ4v) is 4.21. The van der Waals surface area contributed by atoms with Crippen LogP contribution in [-0.4, -0.2) is 60.2 Å². The van der Waals surface area contributed by atoms with Crippen molar-refractivity contribution in [1.29, 1.82) is 0 Å². The van der Waals surface area contributed by atoms with Gasteiger partial charge in [-0.15, -0.1) is 0 Å². The average Bonchev–Trinajstić information content (AvgIpc) is 2.92. The summed E-state index contributed by atoms with van der Waals surface area (Å²) >= 11 is 0. The lowest BCUT2D eigenvalue weighted by Crippen LogP contribution is -2.42. The first kappa shape index (κ1) is 23.5. The van der Waals surface area contributed by atoms with E-state index in [0.717, 1.165) is 23.1 Å². The molecule has 1 saturated heterocycles. The van der Waals surface area contributed by atoms with Gasteiger partial charge in [-0.25, -0.2) is 0 Å². The van der Waals surface area contributed by atoms with Crippen LogP contribution in [0.15, 0.2) is 48.5 Å². The molecular weight excluding hydrogens is 402 g/mol. The molecule has 6 nitrogen and oxygen atoms in total. The van der Waals surface area contributed by atoms with Gasteiger partial charge < -0.3 is 15.1 Å². The van der Waals surface area contributed by atoms with Gasteiger partial charge in [0.25, 0.3) is 0 Å². The predicted octanol–water partition coefficient (Wildman–Crippen LogP) is 3.04. The topological polar surface area (TPSA) is 69.7 Å². The normalized spacial score (nSPS) is 16.6. The SMILES string of the molecule is CCCN1CCN(C(=O)CNC(C)=O)C[C@@H](Cc2cccc(-c3cccc(C)c3)c2)C1=O. The van der Waals surface area contributed by atoms with Crippen molar-refractivity contribution in [3.8, 4) is 11.1 Å². The molecule has 0 unspecified atom stereocenters. The third-order valence-corrected chi connectivity index (χ3v) is 5.84. The minimum atomic E-state index is -0.307. The van der Waals surface area contributed by atoms with Crippen LogP contribution >= 0.6 is 0 Å². The molecule has 1 fully saturated rings. The summed E-state index contributed by atoms with van der Waals surface area (Å²) in [5, 5.41) is 2.58. The summed E-state index contributed by atoms with van der Waals surface area (Å²) in [5.41, 5.74) is 4.56. The lowest BCUT2D eigenvalue weighted by atomic mass is 9.94. The molecule has 32 heavy (non-hydrogen) atoms. The fraction of sp³-hybridized carbons (Fsp3) is 0.423. The van der Waals surface area contributed by atoms with Crippen LogP contribution in [0.4, 0.5) is 0 Å². The van der Waals surface area contributed by atoms with E-state index in [1.54, 1.807) is 4.90 Å². The molecular formula is C26H33N3O3. The summed E-state index contributed by atoms with van der Waals surface area (Å²) < 4.78 is 0. The van der Waals surface area contributed by atoms with Crippen LogP contribution in [0.2, 0.25) is 0 Å². The van der Waals surface area contributed by atoms with E-state index in [-0.39, 0.29) is 30.2 Å². The lowest BCUT2D eigenvalue weighted by Gasteiger charge is -2.24. The van der Waals surface area contributed by atoms with Crippen molar-refractivity contribution in [2.75, 3.05) is 32.7 Å². The second-order valence-electron chi connectivity index (χ2n) is 8.55. The third kappa shape index (κ3) is 6.19. The highest BCUT2D eigenvalue weighted by Gasteiger charge is 2.32. The Morgan fingerprint density at radius 3 is 2.47 bits per heavy atom. The molecule has 2 aromatic rings. The number of aryl methyl sites for hydroxylation is 1. The number of amides is 3. The zero-order valence-corrected chi connectivity index (χ0v) is 19.3. The van der Waals surface area contributed by atoms with Crippen molar-refractivity contribution in [1.82, 2.24) is 15.1 Å². The van der Waals surface area contributed by atoms with Crippen molar-refractivity contribution >= 4 is 17.7 Å². The largest absolute Gasteiger partial charge is 0.347 e. The van der Waals surface area contributed by atoms with Gasteiger partial charge in [-0.2, -0.15) is 0 Å². The summed E-state index contributed by atoms with van der Waals surface area (Å²) in [4.78, 5) is 40.8. The Labute approximate surface area is 190 Å². The molecule has 0 spiro atoms. The minimum absolute atomic E-state index is 0.0349. The van der Waals surface area contributed by atoms with Crippen LogP contribution in [0, 0.1) is 12.8 Å². The molecule has 6 heteroatoms. The maximum atomic E-state index is 13.3. The van der Waals surface area contributed by atoms with Crippen LogP contribution in [0.25, 0.3) is 11.1 Å². The van der Waals surface area contributed by atoms with E-state index in [4.69, 9.17) is 0 Å². The van der Waals surface area contributed by atoms with E-state index < -0.39 is 0 Å². The number of benzene rings is 2. The highest BCUT2D eigenvalue weighted by molar-refractivity contribution is 5.85. The number of carbonyl (C=O) groups excluding carboxylic acids is 3. The first-order valence-corrected chi connectivity index (χ1v) is 11.3. The average molecular weight is 436 g/mol. The van der Waals surface area contributed by atoms with E-state index in [9.17, 15) is 14.4 Å². The van der Waals surface area contributed by atoms with E-state index in [2.05, 4.69) is 49.5 Å². The van der Waals surface area contributed by atoms with E-state index in [0.29, 0.717) is 32.6 Å². The van der Waals surface area contributed by atoms with Gasteiger partial charge in [0, 0.05) is 33.1 Å².